The summed E-state index contributed by atoms with van der Waals surface area (Å²) in [6, 6.07) is 11.0. The van der Waals surface area contributed by atoms with Crippen LogP contribution in [0, 0.1) is 5.82 Å². The van der Waals surface area contributed by atoms with Crippen LogP contribution in [0.1, 0.15) is 37.7 Å². The van der Waals surface area contributed by atoms with Gasteiger partial charge in [-0.1, -0.05) is 31.4 Å². The highest BCUT2D eigenvalue weighted by atomic mass is 32.2. The van der Waals surface area contributed by atoms with Gasteiger partial charge in [-0.25, -0.2) is 30.7 Å². The number of sulfonamides is 2. The molecule has 1 saturated carbocycles. The SMILES string of the molecule is O=S(=O)(NCCc1ccc(S(=O)(=O)NC2CCCCC2)cc1)c1ccc(F)cc1. The van der Waals surface area contributed by atoms with Gasteiger partial charge in [0.15, 0.2) is 0 Å². The number of rotatable bonds is 8. The molecular formula is C20H25FN2O4S2. The first kappa shape index (κ1) is 21.9. The van der Waals surface area contributed by atoms with Crippen molar-refractivity contribution in [1.29, 1.82) is 0 Å². The molecule has 29 heavy (non-hydrogen) atoms. The molecule has 0 aromatic heterocycles. The molecule has 1 aliphatic carbocycles. The zero-order chi connectivity index (χ0) is 20.9. The van der Waals surface area contributed by atoms with Crippen molar-refractivity contribution >= 4 is 20.0 Å². The summed E-state index contributed by atoms with van der Waals surface area (Å²) < 4.78 is 67.6. The molecule has 2 N–H and O–H groups in total. The Kier molecular flexibility index (Phi) is 7.05. The largest absolute Gasteiger partial charge is 0.240 e. The Morgan fingerprint density at radius 2 is 1.34 bits per heavy atom. The molecule has 0 amide bonds. The van der Waals surface area contributed by atoms with Gasteiger partial charge in [0.25, 0.3) is 0 Å². The van der Waals surface area contributed by atoms with Gasteiger partial charge in [0.2, 0.25) is 20.0 Å². The summed E-state index contributed by atoms with van der Waals surface area (Å²) in [5.74, 6) is -0.503. The molecule has 6 nitrogen and oxygen atoms in total. The average Bonchev–Trinajstić information content (AvgIpc) is 2.69. The maximum absolute atomic E-state index is 12.9. The van der Waals surface area contributed by atoms with E-state index in [2.05, 4.69) is 9.44 Å². The maximum atomic E-state index is 12.9. The first-order valence-corrected chi connectivity index (χ1v) is 12.6. The van der Waals surface area contributed by atoms with Crippen LogP contribution in [-0.4, -0.2) is 29.4 Å². The minimum absolute atomic E-state index is 0.00528. The van der Waals surface area contributed by atoms with E-state index in [9.17, 15) is 21.2 Å². The molecule has 2 aromatic carbocycles. The summed E-state index contributed by atoms with van der Waals surface area (Å²) in [4.78, 5) is 0.202. The van der Waals surface area contributed by atoms with E-state index in [1.807, 2.05) is 0 Å². The molecule has 0 saturated heterocycles. The molecule has 9 heteroatoms. The van der Waals surface area contributed by atoms with Crippen molar-refractivity contribution in [2.75, 3.05) is 6.54 Å². The van der Waals surface area contributed by atoms with E-state index in [0.717, 1.165) is 49.8 Å². The van der Waals surface area contributed by atoms with Gasteiger partial charge in [0.1, 0.15) is 5.82 Å². The van der Waals surface area contributed by atoms with E-state index in [0.29, 0.717) is 6.42 Å². The van der Waals surface area contributed by atoms with Crippen molar-refractivity contribution < 1.29 is 21.2 Å². The van der Waals surface area contributed by atoms with Crippen molar-refractivity contribution in [2.45, 2.75) is 54.4 Å². The summed E-state index contributed by atoms with van der Waals surface area (Å²) in [6.07, 6.45) is 5.37. The number of halogens is 1. The second-order valence-corrected chi connectivity index (χ2v) is 10.7. The average molecular weight is 441 g/mol. The van der Waals surface area contributed by atoms with E-state index in [1.165, 1.54) is 24.3 Å². The van der Waals surface area contributed by atoms with Crippen LogP contribution in [0.15, 0.2) is 58.3 Å². The Balaban J connectivity index is 1.55. The predicted octanol–water partition coefficient (Wildman–Crippen LogP) is 2.96. The minimum Gasteiger partial charge on any atom is -0.211 e. The highest BCUT2D eigenvalue weighted by Gasteiger charge is 2.21. The number of nitrogens with one attached hydrogen (secondary N) is 2. The molecule has 0 unspecified atom stereocenters. The molecule has 3 rings (SSSR count). The van der Waals surface area contributed by atoms with Crippen LogP contribution < -0.4 is 9.44 Å². The van der Waals surface area contributed by atoms with Crippen molar-refractivity contribution in [3.63, 3.8) is 0 Å². The highest BCUT2D eigenvalue weighted by molar-refractivity contribution is 7.89. The van der Waals surface area contributed by atoms with Crippen LogP contribution in [0.5, 0.6) is 0 Å². The fraction of sp³-hybridized carbons (Fsp3) is 0.400. The van der Waals surface area contributed by atoms with Crippen LogP contribution in [0.4, 0.5) is 4.39 Å². The monoisotopic (exact) mass is 440 g/mol. The summed E-state index contributed by atoms with van der Waals surface area (Å²) in [5, 5.41) is 0. The van der Waals surface area contributed by atoms with E-state index in [-0.39, 0.29) is 22.4 Å². The fourth-order valence-corrected chi connectivity index (χ4v) is 5.71. The molecule has 1 fully saturated rings. The molecule has 0 atom stereocenters. The van der Waals surface area contributed by atoms with Crippen molar-refractivity contribution in [1.82, 2.24) is 9.44 Å². The third kappa shape index (κ3) is 6.08. The number of hydrogen-bond acceptors (Lipinski definition) is 4. The Hall–Kier alpha value is -1.81. The molecule has 158 valence electrons. The minimum atomic E-state index is -3.72. The molecule has 0 heterocycles. The third-order valence-electron chi connectivity index (χ3n) is 4.99. The zero-order valence-electron chi connectivity index (χ0n) is 16.0. The standard InChI is InChI=1S/C20H25FN2O4S2/c21-17-8-12-19(13-9-17)28(24,25)22-15-14-16-6-10-20(11-7-16)29(26,27)23-18-4-2-1-3-5-18/h6-13,18,22-23H,1-5,14-15H2. The number of hydrogen-bond donors (Lipinski definition) is 2. The summed E-state index contributed by atoms with van der Waals surface area (Å²) in [5.41, 5.74) is 0.809. The van der Waals surface area contributed by atoms with Gasteiger partial charge >= 0.3 is 0 Å². The second-order valence-electron chi connectivity index (χ2n) is 7.20. The Morgan fingerprint density at radius 3 is 1.97 bits per heavy atom. The van der Waals surface area contributed by atoms with Crippen molar-refractivity contribution in [3.05, 3.63) is 59.9 Å². The van der Waals surface area contributed by atoms with Crippen LogP contribution >= 0.6 is 0 Å². The lowest BCUT2D eigenvalue weighted by Crippen LogP contribution is -2.36. The fourth-order valence-electron chi connectivity index (χ4n) is 3.37. The summed E-state index contributed by atoms with van der Waals surface area (Å²) in [7, 11) is -7.27. The van der Waals surface area contributed by atoms with Crippen LogP contribution in [0.25, 0.3) is 0 Å². The van der Waals surface area contributed by atoms with E-state index in [1.54, 1.807) is 12.1 Å². The van der Waals surface area contributed by atoms with Crippen molar-refractivity contribution in [2.24, 2.45) is 0 Å². The molecule has 0 aliphatic heterocycles. The normalized spacial score (nSPS) is 16.0. The maximum Gasteiger partial charge on any atom is 0.240 e. The quantitative estimate of drug-likeness (QED) is 0.660. The van der Waals surface area contributed by atoms with Crippen LogP contribution in [0.3, 0.4) is 0 Å². The first-order chi connectivity index (χ1) is 13.8. The van der Waals surface area contributed by atoms with Gasteiger partial charge in [-0.3, -0.25) is 0 Å². The van der Waals surface area contributed by atoms with Gasteiger partial charge in [-0.05, 0) is 61.2 Å². The van der Waals surface area contributed by atoms with E-state index in [4.69, 9.17) is 0 Å². The predicted molar refractivity (Wildman–Crippen MR) is 109 cm³/mol. The second kappa shape index (κ2) is 9.34. The summed E-state index contributed by atoms with van der Waals surface area (Å²) >= 11 is 0. The van der Waals surface area contributed by atoms with E-state index >= 15 is 0 Å². The summed E-state index contributed by atoms with van der Waals surface area (Å²) in [6.45, 7) is 0.145. The molecule has 0 bridgehead atoms. The number of benzene rings is 2. The molecule has 0 spiro atoms. The lowest BCUT2D eigenvalue weighted by molar-refractivity contribution is 0.412. The Bertz CT molecular complexity index is 1020. The molecule has 2 aromatic rings. The van der Waals surface area contributed by atoms with Gasteiger partial charge in [-0.2, -0.15) is 0 Å². The third-order valence-corrected chi connectivity index (χ3v) is 8.00. The lowest BCUT2D eigenvalue weighted by atomic mass is 9.96. The van der Waals surface area contributed by atoms with Gasteiger partial charge in [-0.15, -0.1) is 0 Å². The van der Waals surface area contributed by atoms with E-state index < -0.39 is 25.9 Å². The van der Waals surface area contributed by atoms with Gasteiger partial charge in [0.05, 0.1) is 9.79 Å². The Morgan fingerprint density at radius 1 is 0.793 bits per heavy atom. The Labute approximate surface area is 171 Å². The smallest absolute Gasteiger partial charge is 0.211 e. The van der Waals surface area contributed by atoms with Gasteiger partial charge in [0, 0.05) is 12.6 Å². The first-order valence-electron chi connectivity index (χ1n) is 9.63. The van der Waals surface area contributed by atoms with Crippen molar-refractivity contribution in [3.8, 4) is 0 Å². The zero-order valence-corrected chi connectivity index (χ0v) is 17.6. The lowest BCUT2D eigenvalue weighted by Gasteiger charge is -2.22. The van der Waals surface area contributed by atoms with Crippen LogP contribution in [-0.2, 0) is 26.5 Å². The molecule has 1 aliphatic rings. The topological polar surface area (TPSA) is 92.3 Å². The van der Waals surface area contributed by atoms with Gasteiger partial charge < -0.3 is 0 Å². The molecule has 0 radical (unpaired) electrons. The van der Waals surface area contributed by atoms with Crippen LogP contribution in [0.2, 0.25) is 0 Å². The highest BCUT2D eigenvalue weighted by Crippen LogP contribution is 2.20. The molecular weight excluding hydrogens is 415 g/mol.